The van der Waals surface area contributed by atoms with Gasteiger partial charge in [-0.25, -0.2) is 4.98 Å². The van der Waals surface area contributed by atoms with Crippen LogP contribution in [-0.4, -0.2) is 11.6 Å². The Morgan fingerprint density at radius 1 is 1.90 bits per heavy atom. The summed E-state index contributed by atoms with van der Waals surface area (Å²) in [5, 5.41) is 2.40. The molecule has 1 atom stereocenters. The highest BCUT2D eigenvalue weighted by Gasteiger charge is 1.99. The second kappa shape index (κ2) is 3.17. The van der Waals surface area contributed by atoms with Crippen molar-refractivity contribution in [3.63, 3.8) is 0 Å². The zero-order chi connectivity index (χ0) is 7.56. The van der Waals surface area contributed by atoms with Crippen LogP contribution in [-0.2, 0) is 10.7 Å². The minimum Gasteiger partial charge on any atom is -0.375 e. The van der Waals surface area contributed by atoms with Crippen molar-refractivity contribution >= 4 is 24.3 Å². The normalized spacial score (nSPS) is 13.3. The molecule has 0 saturated carbocycles. The number of nitrogen functional groups attached to an aromatic ring is 1. The molecule has 1 aromatic heterocycles. The second-order valence-electron chi connectivity index (χ2n) is 2.06. The molecule has 0 amide bonds. The van der Waals surface area contributed by atoms with Crippen LogP contribution in [0.1, 0.15) is 5.69 Å². The zero-order valence-corrected chi connectivity index (χ0v) is 7.44. The highest BCUT2D eigenvalue weighted by molar-refractivity contribution is 7.42. The Labute approximate surface area is 64.1 Å². The van der Waals surface area contributed by atoms with E-state index in [9.17, 15) is 4.57 Å². The van der Waals surface area contributed by atoms with Crippen LogP contribution in [0, 0.1) is 0 Å². The molecule has 0 bridgehead atoms. The molecule has 1 heterocycles. The van der Waals surface area contributed by atoms with Gasteiger partial charge in [0.15, 0.2) is 5.13 Å². The molecule has 1 unspecified atom stereocenters. The number of rotatable bonds is 2. The van der Waals surface area contributed by atoms with Gasteiger partial charge in [0.1, 0.15) is 0 Å². The molecule has 0 saturated heterocycles. The first-order valence-electron chi connectivity index (χ1n) is 2.88. The topological polar surface area (TPSA) is 56.0 Å². The van der Waals surface area contributed by atoms with Crippen molar-refractivity contribution in [3.8, 4) is 0 Å². The van der Waals surface area contributed by atoms with Gasteiger partial charge in [0.05, 0.1) is 13.5 Å². The fourth-order valence-corrected chi connectivity index (χ4v) is 2.06. The van der Waals surface area contributed by atoms with Crippen molar-refractivity contribution < 1.29 is 4.57 Å². The van der Waals surface area contributed by atoms with Crippen LogP contribution in [0.4, 0.5) is 5.13 Å². The van der Waals surface area contributed by atoms with Crippen molar-refractivity contribution in [1.29, 1.82) is 0 Å². The van der Waals surface area contributed by atoms with Gasteiger partial charge >= 0.3 is 0 Å². The Kier molecular flexibility index (Phi) is 2.46. The summed E-state index contributed by atoms with van der Waals surface area (Å²) in [6, 6.07) is 0. The van der Waals surface area contributed by atoms with Crippen molar-refractivity contribution in [2.45, 2.75) is 6.16 Å². The van der Waals surface area contributed by atoms with E-state index in [1.54, 1.807) is 6.66 Å². The maximum atomic E-state index is 10.7. The minimum absolute atomic E-state index is 0.554. The van der Waals surface area contributed by atoms with E-state index in [1.807, 2.05) is 5.38 Å². The average molecular weight is 176 g/mol. The quantitative estimate of drug-likeness (QED) is 0.693. The Morgan fingerprint density at radius 3 is 3.00 bits per heavy atom. The molecule has 10 heavy (non-hydrogen) atoms. The summed E-state index contributed by atoms with van der Waals surface area (Å²) in [5.74, 6) is 0. The molecule has 0 aliphatic heterocycles. The Hall–Kier alpha value is -0.340. The first-order valence-corrected chi connectivity index (χ1v) is 5.87. The highest BCUT2D eigenvalue weighted by atomic mass is 32.1. The van der Waals surface area contributed by atoms with Crippen molar-refractivity contribution in [2.24, 2.45) is 0 Å². The van der Waals surface area contributed by atoms with Crippen LogP contribution in [0.5, 0.6) is 0 Å². The van der Waals surface area contributed by atoms with E-state index in [-0.39, 0.29) is 0 Å². The molecule has 1 aromatic rings. The van der Waals surface area contributed by atoms with E-state index in [1.165, 1.54) is 11.3 Å². The third kappa shape index (κ3) is 2.12. The molecule has 0 radical (unpaired) electrons. The van der Waals surface area contributed by atoms with Crippen molar-refractivity contribution in [3.05, 3.63) is 11.1 Å². The second-order valence-corrected chi connectivity index (χ2v) is 4.70. The molecule has 2 N–H and O–H groups in total. The standard InChI is InChI=1S/C5H9N2OPS/c1-9(8)2-4-3-10-5(6)7-4/h3,9H,2H2,1H3,(H2,6,7). The Morgan fingerprint density at radius 2 is 2.60 bits per heavy atom. The molecular formula is C5H9N2OPS. The smallest absolute Gasteiger partial charge is 0.180 e. The molecule has 56 valence electrons. The molecule has 5 heteroatoms. The molecule has 0 aliphatic rings. The van der Waals surface area contributed by atoms with Crippen LogP contribution in [0.25, 0.3) is 0 Å². The van der Waals surface area contributed by atoms with E-state index < -0.39 is 7.80 Å². The SMILES string of the molecule is C[PH](=O)Cc1csc(N)n1. The number of hydrogen-bond acceptors (Lipinski definition) is 4. The number of hydrogen-bond donors (Lipinski definition) is 1. The van der Waals surface area contributed by atoms with Crippen LogP contribution < -0.4 is 5.73 Å². The Balaban J connectivity index is 2.67. The number of aromatic nitrogens is 1. The lowest BCUT2D eigenvalue weighted by Gasteiger charge is -1.87. The summed E-state index contributed by atoms with van der Waals surface area (Å²) in [6.07, 6.45) is 0.582. The monoisotopic (exact) mass is 176 g/mol. The van der Waals surface area contributed by atoms with Crippen LogP contribution in [0.3, 0.4) is 0 Å². The fraction of sp³-hybridized carbons (Fsp3) is 0.400. The average Bonchev–Trinajstić information content (AvgIpc) is 2.13. The molecule has 3 nitrogen and oxygen atoms in total. The molecule has 1 rings (SSSR count). The first-order chi connectivity index (χ1) is 4.68. The zero-order valence-electron chi connectivity index (χ0n) is 5.63. The van der Waals surface area contributed by atoms with Gasteiger partial charge in [-0.15, -0.1) is 11.3 Å². The summed E-state index contributed by atoms with van der Waals surface area (Å²) in [5.41, 5.74) is 6.23. The van der Waals surface area contributed by atoms with Gasteiger partial charge in [-0.05, 0) is 6.66 Å². The summed E-state index contributed by atoms with van der Waals surface area (Å²) in [4.78, 5) is 3.97. The van der Waals surface area contributed by atoms with Gasteiger partial charge < -0.3 is 10.3 Å². The largest absolute Gasteiger partial charge is 0.375 e. The van der Waals surface area contributed by atoms with Crippen LogP contribution in [0.2, 0.25) is 0 Å². The molecule has 0 spiro atoms. The minimum atomic E-state index is -1.44. The summed E-state index contributed by atoms with van der Waals surface area (Å²) in [6.45, 7) is 1.72. The molecule has 0 aromatic carbocycles. The maximum Gasteiger partial charge on any atom is 0.180 e. The van der Waals surface area contributed by atoms with Gasteiger partial charge in [-0.1, -0.05) is 0 Å². The summed E-state index contributed by atoms with van der Waals surface area (Å²) >= 11 is 1.39. The van der Waals surface area contributed by atoms with Crippen molar-refractivity contribution in [1.82, 2.24) is 4.98 Å². The molecular weight excluding hydrogens is 167 g/mol. The summed E-state index contributed by atoms with van der Waals surface area (Å²) in [7, 11) is -1.44. The van der Waals surface area contributed by atoms with E-state index >= 15 is 0 Å². The lowest BCUT2D eigenvalue weighted by Crippen LogP contribution is -1.83. The van der Waals surface area contributed by atoms with Gasteiger partial charge in [0.25, 0.3) is 0 Å². The van der Waals surface area contributed by atoms with Crippen LogP contribution in [0.15, 0.2) is 5.38 Å². The lowest BCUT2D eigenvalue weighted by atomic mass is 10.6. The van der Waals surface area contributed by atoms with E-state index in [0.717, 1.165) is 5.69 Å². The lowest BCUT2D eigenvalue weighted by molar-refractivity contribution is 0.590. The number of thiazole rings is 1. The third-order valence-corrected chi connectivity index (χ3v) is 2.58. The number of nitrogens with zero attached hydrogens (tertiary/aromatic N) is 1. The Bertz CT molecular complexity index is 248. The van der Waals surface area contributed by atoms with E-state index in [4.69, 9.17) is 5.73 Å². The van der Waals surface area contributed by atoms with Gasteiger partial charge in [0.2, 0.25) is 0 Å². The fourth-order valence-electron chi connectivity index (χ4n) is 0.659. The number of nitrogens with two attached hydrogens (primary N) is 1. The van der Waals surface area contributed by atoms with E-state index in [2.05, 4.69) is 4.98 Å². The van der Waals surface area contributed by atoms with Crippen LogP contribution >= 0.6 is 19.1 Å². The molecule has 0 aliphatic carbocycles. The van der Waals surface area contributed by atoms with Crippen molar-refractivity contribution in [2.75, 3.05) is 12.4 Å². The third-order valence-electron chi connectivity index (χ3n) is 1.000. The van der Waals surface area contributed by atoms with E-state index in [0.29, 0.717) is 11.3 Å². The van der Waals surface area contributed by atoms with Gasteiger partial charge in [-0.3, -0.25) is 0 Å². The maximum absolute atomic E-state index is 10.7. The van der Waals surface area contributed by atoms with Gasteiger partial charge in [-0.2, -0.15) is 0 Å². The summed E-state index contributed by atoms with van der Waals surface area (Å²) < 4.78 is 10.7. The van der Waals surface area contributed by atoms with Gasteiger partial charge in [0, 0.05) is 11.5 Å². The number of anilines is 1. The highest BCUT2D eigenvalue weighted by Crippen LogP contribution is 2.23. The first kappa shape index (κ1) is 7.76. The predicted molar refractivity (Wildman–Crippen MR) is 45.2 cm³/mol. The predicted octanol–water partition coefficient (Wildman–Crippen LogP) is 1.41. The molecule has 0 fully saturated rings.